The van der Waals surface area contributed by atoms with Crippen LogP contribution in [0.5, 0.6) is 0 Å². The standard InChI is InChI=1S/C13H18N2O4/c1-8(2)5-6-15(9-3-4-9)12(16)10-7-11(13(17)18)19-14-10/h7-9H,3-6H2,1-2H3,(H,17,18). The van der Waals surface area contributed by atoms with Gasteiger partial charge >= 0.3 is 5.97 Å². The van der Waals surface area contributed by atoms with Gasteiger partial charge in [-0.15, -0.1) is 0 Å². The van der Waals surface area contributed by atoms with E-state index in [9.17, 15) is 9.59 Å². The Bertz CT molecular complexity index is 477. The highest BCUT2D eigenvalue weighted by atomic mass is 16.5. The fourth-order valence-corrected chi connectivity index (χ4v) is 1.86. The second-order valence-corrected chi connectivity index (χ2v) is 5.29. The third kappa shape index (κ3) is 3.33. The van der Waals surface area contributed by atoms with E-state index < -0.39 is 5.97 Å². The smallest absolute Gasteiger partial charge is 0.374 e. The summed E-state index contributed by atoms with van der Waals surface area (Å²) in [6, 6.07) is 1.46. The summed E-state index contributed by atoms with van der Waals surface area (Å²) >= 11 is 0. The summed E-state index contributed by atoms with van der Waals surface area (Å²) < 4.78 is 4.63. The first-order chi connectivity index (χ1) is 8.99. The van der Waals surface area contributed by atoms with Crippen LogP contribution >= 0.6 is 0 Å². The average molecular weight is 266 g/mol. The molecule has 1 aliphatic carbocycles. The zero-order valence-electron chi connectivity index (χ0n) is 11.1. The first-order valence-corrected chi connectivity index (χ1v) is 6.50. The number of amides is 1. The maximum absolute atomic E-state index is 12.3. The lowest BCUT2D eigenvalue weighted by molar-refractivity contribution is 0.0647. The number of carboxylic acids is 1. The molecule has 0 unspecified atom stereocenters. The highest BCUT2D eigenvalue weighted by molar-refractivity contribution is 5.95. The van der Waals surface area contributed by atoms with Crippen LogP contribution in [0.3, 0.4) is 0 Å². The molecule has 19 heavy (non-hydrogen) atoms. The van der Waals surface area contributed by atoms with E-state index in [0.29, 0.717) is 12.5 Å². The summed E-state index contributed by atoms with van der Waals surface area (Å²) in [7, 11) is 0. The molecular formula is C13H18N2O4. The molecule has 0 saturated heterocycles. The summed E-state index contributed by atoms with van der Waals surface area (Å²) in [6.07, 6.45) is 2.94. The van der Waals surface area contributed by atoms with Gasteiger partial charge < -0.3 is 14.5 Å². The van der Waals surface area contributed by atoms with Crippen molar-refractivity contribution < 1.29 is 19.2 Å². The van der Waals surface area contributed by atoms with E-state index >= 15 is 0 Å². The maximum atomic E-state index is 12.3. The first-order valence-electron chi connectivity index (χ1n) is 6.50. The largest absolute Gasteiger partial charge is 0.475 e. The second kappa shape index (κ2) is 5.42. The van der Waals surface area contributed by atoms with E-state index in [1.165, 1.54) is 6.07 Å². The van der Waals surface area contributed by atoms with Gasteiger partial charge in [-0.3, -0.25) is 4.79 Å². The molecule has 1 amide bonds. The normalized spacial score (nSPS) is 14.7. The summed E-state index contributed by atoms with van der Waals surface area (Å²) in [4.78, 5) is 24.8. The second-order valence-electron chi connectivity index (χ2n) is 5.29. The Morgan fingerprint density at radius 3 is 2.68 bits per heavy atom. The minimum atomic E-state index is -1.22. The van der Waals surface area contributed by atoms with Crippen LogP contribution in [0.15, 0.2) is 10.6 Å². The Kier molecular flexibility index (Phi) is 3.87. The van der Waals surface area contributed by atoms with Gasteiger partial charge in [-0.1, -0.05) is 19.0 Å². The number of aromatic nitrogens is 1. The molecule has 0 bridgehead atoms. The number of carbonyl (C=O) groups excluding carboxylic acids is 1. The molecule has 104 valence electrons. The van der Waals surface area contributed by atoms with E-state index in [2.05, 4.69) is 23.5 Å². The van der Waals surface area contributed by atoms with Crippen molar-refractivity contribution in [1.29, 1.82) is 0 Å². The van der Waals surface area contributed by atoms with Crippen molar-refractivity contribution >= 4 is 11.9 Å². The maximum Gasteiger partial charge on any atom is 0.374 e. The number of nitrogens with zero attached hydrogens (tertiary/aromatic N) is 2. The molecule has 1 heterocycles. The fraction of sp³-hybridized carbons (Fsp3) is 0.615. The molecule has 0 radical (unpaired) electrons. The number of rotatable bonds is 6. The Morgan fingerprint density at radius 1 is 1.53 bits per heavy atom. The Balaban J connectivity index is 2.07. The summed E-state index contributed by atoms with van der Waals surface area (Å²) in [5.41, 5.74) is 0.0769. The molecule has 2 rings (SSSR count). The van der Waals surface area contributed by atoms with Gasteiger partial charge in [0.05, 0.1) is 0 Å². The third-order valence-electron chi connectivity index (χ3n) is 3.14. The van der Waals surface area contributed by atoms with Gasteiger partial charge in [0.2, 0.25) is 5.76 Å². The molecule has 0 aliphatic heterocycles. The molecule has 0 aromatic carbocycles. The fourth-order valence-electron chi connectivity index (χ4n) is 1.86. The number of carbonyl (C=O) groups is 2. The highest BCUT2D eigenvalue weighted by Gasteiger charge is 2.34. The van der Waals surface area contributed by atoms with Crippen molar-refractivity contribution in [2.45, 2.75) is 39.2 Å². The molecule has 1 aromatic heterocycles. The van der Waals surface area contributed by atoms with Crippen molar-refractivity contribution in [3.63, 3.8) is 0 Å². The van der Waals surface area contributed by atoms with Crippen LogP contribution in [-0.4, -0.2) is 39.6 Å². The predicted molar refractivity (Wildman–Crippen MR) is 67.0 cm³/mol. The van der Waals surface area contributed by atoms with E-state index in [0.717, 1.165) is 19.3 Å². The predicted octanol–water partition coefficient (Wildman–Crippen LogP) is 2.02. The van der Waals surface area contributed by atoms with Gasteiger partial charge in [-0.05, 0) is 25.2 Å². The number of aromatic carboxylic acids is 1. The van der Waals surface area contributed by atoms with Gasteiger partial charge in [0.15, 0.2) is 5.69 Å². The topological polar surface area (TPSA) is 83.6 Å². The molecule has 6 heteroatoms. The van der Waals surface area contributed by atoms with Gasteiger partial charge in [0, 0.05) is 18.7 Å². The molecule has 1 aliphatic rings. The van der Waals surface area contributed by atoms with Gasteiger partial charge in [0.25, 0.3) is 5.91 Å². The number of carboxylic acid groups (broad SMARTS) is 1. The van der Waals surface area contributed by atoms with Crippen LogP contribution < -0.4 is 0 Å². The van der Waals surface area contributed by atoms with E-state index in [1.54, 1.807) is 4.90 Å². The van der Waals surface area contributed by atoms with E-state index in [1.807, 2.05) is 0 Å². The van der Waals surface area contributed by atoms with Crippen molar-refractivity contribution in [2.24, 2.45) is 5.92 Å². The Morgan fingerprint density at radius 2 is 2.21 bits per heavy atom. The summed E-state index contributed by atoms with van der Waals surface area (Å²) in [6.45, 7) is 4.89. The zero-order chi connectivity index (χ0) is 14.0. The number of hydrogen-bond donors (Lipinski definition) is 1. The van der Waals surface area contributed by atoms with Crippen LogP contribution in [-0.2, 0) is 0 Å². The van der Waals surface area contributed by atoms with E-state index in [-0.39, 0.29) is 23.4 Å². The third-order valence-corrected chi connectivity index (χ3v) is 3.14. The average Bonchev–Trinajstić information content (AvgIpc) is 3.05. The zero-order valence-corrected chi connectivity index (χ0v) is 11.1. The lowest BCUT2D eigenvalue weighted by atomic mass is 10.1. The van der Waals surface area contributed by atoms with Crippen molar-refractivity contribution in [3.8, 4) is 0 Å². The monoisotopic (exact) mass is 266 g/mol. The quantitative estimate of drug-likeness (QED) is 0.851. The van der Waals surface area contributed by atoms with Crippen LogP contribution in [0.1, 0.15) is 54.2 Å². The van der Waals surface area contributed by atoms with Crippen LogP contribution in [0.25, 0.3) is 0 Å². The molecule has 0 spiro atoms. The lowest BCUT2D eigenvalue weighted by Crippen LogP contribution is -2.34. The van der Waals surface area contributed by atoms with Gasteiger partial charge in [-0.25, -0.2) is 4.79 Å². The van der Waals surface area contributed by atoms with Gasteiger partial charge in [0.1, 0.15) is 0 Å². The van der Waals surface area contributed by atoms with Crippen molar-refractivity contribution in [3.05, 3.63) is 17.5 Å². The number of hydrogen-bond acceptors (Lipinski definition) is 4. The van der Waals surface area contributed by atoms with Crippen molar-refractivity contribution in [1.82, 2.24) is 10.1 Å². The molecule has 6 nitrogen and oxygen atoms in total. The summed E-state index contributed by atoms with van der Waals surface area (Å²) in [5.74, 6) is -1.24. The molecule has 1 N–H and O–H groups in total. The van der Waals surface area contributed by atoms with Crippen molar-refractivity contribution in [2.75, 3.05) is 6.54 Å². The SMILES string of the molecule is CC(C)CCN(C(=O)c1cc(C(=O)O)on1)C1CC1. The Hall–Kier alpha value is -1.85. The van der Waals surface area contributed by atoms with Crippen LogP contribution in [0, 0.1) is 5.92 Å². The minimum absolute atomic E-state index is 0.0769. The molecule has 1 aromatic rings. The van der Waals surface area contributed by atoms with E-state index in [4.69, 9.17) is 5.11 Å². The molecule has 1 saturated carbocycles. The molecule has 1 fully saturated rings. The minimum Gasteiger partial charge on any atom is -0.475 e. The van der Waals surface area contributed by atoms with Gasteiger partial charge in [-0.2, -0.15) is 0 Å². The Labute approximate surface area is 111 Å². The lowest BCUT2D eigenvalue weighted by Gasteiger charge is -2.22. The highest BCUT2D eigenvalue weighted by Crippen LogP contribution is 2.28. The van der Waals surface area contributed by atoms with Crippen LogP contribution in [0.2, 0.25) is 0 Å². The summed E-state index contributed by atoms with van der Waals surface area (Å²) in [5, 5.41) is 12.3. The van der Waals surface area contributed by atoms with Crippen LogP contribution in [0.4, 0.5) is 0 Å². The first kappa shape index (κ1) is 13.6. The molecular weight excluding hydrogens is 248 g/mol. The molecule has 0 atom stereocenters.